The second-order valence-corrected chi connectivity index (χ2v) is 5.67. The second kappa shape index (κ2) is 5.53. The highest BCUT2D eigenvalue weighted by molar-refractivity contribution is 7.87. The minimum Gasteiger partial charge on any atom is -0.253 e. The van der Waals surface area contributed by atoms with Crippen molar-refractivity contribution in [3.8, 4) is 0 Å². The van der Waals surface area contributed by atoms with Gasteiger partial charge in [0.05, 0.1) is 17.0 Å². The number of hydrogen-bond donors (Lipinski definition) is 0. The van der Waals surface area contributed by atoms with E-state index in [0.717, 1.165) is 17.4 Å². The van der Waals surface area contributed by atoms with Crippen LogP contribution in [-0.4, -0.2) is 14.9 Å². The van der Waals surface area contributed by atoms with Crippen molar-refractivity contribution in [3.63, 3.8) is 0 Å². The Morgan fingerprint density at radius 2 is 2.43 bits per heavy atom. The van der Waals surface area contributed by atoms with Gasteiger partial charge in [-0.2, -0.15) is 8.78 Å². The molecule has 78 valence electrons. The van der Waals surface area contributed by atoms with Crippen LogP contribution in [0.1, 0.15) is 6.42 Å². The number of rotatable bonds is 4. The predicted molar refractivity (Wildman–Crippen MR) is 53.3 cm³/mol. The second-order valence-electron chi connectivity index (χ2n) is 2.26. The molecule has 1 aromatic rings. The molecule has 1 unspecified atom stereocenters. The van der Waals surface area contributed by atoms with Crippen molar-refractivity contribution in [1.82, 2.24) is 4.98 Å². The van der Waals surface area contributed by atoms with Crippen molar-refractivity contribution in [1.29, 1.82) is 0 Å². The van der Waals surface area contributed by atoms with E-state index in [2.05, 4.69) is 4.98 Å². The first-order chi connectivity index (χ1) is 6.59. The van der Waals surface area contributed by atoms with Gasteiger partial charge in [-0.15, -0.1) is 0 Å². The maximum Gasteiger partial charge on any atom is 0.266 e. The van der Waals surface area contributed by atoms with Crippen molar-refractivity contribution in [2.24, 2.45) is 0 Å². The molecule has 7 heteroatoms. The van der Waals surface area contributed by atoms with Gasteiger partial charge in [0.15, 0.2) is 4.47 Å². The van der Waals surface area contributed by atoms with Crippen LogP contribution in [0.3, 0.4) is 0 Å². The van der Waals surface area contributed by atoms with Crippen molar-refractivity contribution in [3.05, 3.63) is 22.8 Å². The smallest absolute Gasteiger partial charge is 0.253 e. The highest BCUT2D eigenvalue weighted by atomic mass is 35.5. The van der Waals surface area contributed by atoms with Gasteiger partial charge in [-0.3, -0.25) is 4.21 Å². The summed E-state index contributed by atoms with van der Waals surface area (Å²) < 4.78 is 35.5. The Bertz CT molecular complexity index is 362. The molecule has 14 heavy (non-hydrogen) atoms. The Labute approximate surface area is 91.1 Å². The lowest BCUT2D eigenvalue weighted by Crippen LogP contribution is -1.94. The largest absolute Gasteiger partial charge is 0.266 e. The van der Waals surface area contributed by atoms with Crippen LogP contribution in [0.2, 0.25) is 4.47 Å². The van der Waals surface area contributed by atoms with E-state index in [9.17, 15) is 13.0 Å². The van der Waals surface area contributed by atoms with E-state index >= 15 is 0 Å². The van der Waals surface area contributed by atoms with E-state index in [1.807, 2.05) is 0 Å². The van der Waals surface area contributed by atoms with E-state index < -0.39 is 16.9 Å². The Balaban J connectivity index is 2.47. The summed E-state index contributed by atoms with van der Waals surface area (Å²) in [5.74, 6) is 0.163. The third kappa shape index (κ3) is 3.81. The molecule has 0 spiro atoms. The highest BCUT2D eigenvalue weighted by Gasteiger charge is 2.07. The summed E-state index contributed by atoms with van der Waals surface area (Å²) in [5.41, 5.74) is 0. The van der Waals surface area contributed by atoms with E-state index in [-0.39, 0.29) is 12.2 Å². The average Bonchev–Trinajstić information content (AvgIpc) is 2.51. The third-order valence-corrected chi connectivity index (χ3v) is 4.16. The molecule has 0 fully saturated rings. The average molecular weight is 258 g/mol. The number of thiazole rings is 1. The molecule has 1 rings (SSSR count). The summed E-state index contributed by atoms with van der Waals surface area (Å²) in [4.78, 5) is 3.71. The fraction of sp³-hybridized carbons (Fsp3) is 0.286. The van der Waals surface area contributed by atoms with Gasteiger partial charge >= 0.3 is 0 Å². The van der Waals surface area contributed by atoms with Crippen LogP contribution in [0, 0.1) is 0 Å². The van der Waals surface area contributed by atoms with Gasteiger partial charge in [0.1, 0.15) is 4.21 Å². The Morgan fingerprint density at radius 3 is 2.93 bits per heavy atom. The van der Waals surface area contributed by atoms with Crippen molar-refractivity contribution < 1.29 is 13.0 Å². The van der Waals surface area contributed by atoms with Crippen LogP contribution >= 0.6 is 22.9 Å². The molecule has 0 saturated carbocycles. The van der Waals surface area contributed by atoms with Crippen LogP contribution in [-0.2, 0) is 10.8 Å². The minimum atomic E-state index is -1.75. The number of aromatic nitrogens is 1. The third-order valence-electron chi connectivity index (χ3n) is 1.28. The predicted octanol–water partition coefficient (Wildman–Crippen LogP) is 3.07. The van der Waals surface area contributed by atoms with E-state index in [0.29, 0.717) is 8.68 Å². The lowest BCUT2D eigenvalue weighted by Gasteiger charge is -1.93. The number of halogens is 3. The summed E-state index contributed by atoms with van der Waals surface area (Å²) in [6, 6.07) is 0. The molecule has 0 aliphatic carbocycles. The molecule has 0 bridgehead atoms. The maximum absolute atomic E-state index is 11.6. The zero-order chi connectivity index (χ0) is 10.6. The molecular weight excluding hydrogens is 252 g/mol. The fourth-order valence-electron chi connectivity index (χ4n) is 0.720. The number of nitrogens with zero attached hydrogens (tertiary/aromatic N) is 1. The van der Waals surface area contributed by atoms with Gasteiger partial charge in [0.25, 0.3) is 6.08 Å². The molecule has 0 amide bonds. The molecule has 0 radical (unpaired) electrons. The van der Waals surface area contributed by atoms with Gasteiger partial charge in [0.2, 0.25) is 0 Å². The van der Waals surface area contributed by atoms with Crippen LogP contribution in [0.5, 0.6) is 0 Å². The van der Waals surface area contributed by atoms with Gasteiger partial charge in [-0.1, -0.05) is 22.9 Å². The molecule has 0 aliphatic rings. The first-order valence-corrected chi connectivity index (χ1v) is 6.12. The minimum absolute atomic E-state index is 0.0878. The van der Waals surface area contributed by atoms with Crippen molar-refractivity contribution in [2.75, 3.05) is 5.75 Å². The van der Waals surface area contributed by atoms with Gasteiger partial charge in [-0.25, -0.2) is 4.98 Å². The van der Waals surface area contributed by atoms with E-state index in [1.165, 1.54) is 6.20 Å². The zero-order valence-electron chi connectivity index (χ0n) is 6.87. The highest BCUT2D eigenvalue weighted by Crippen LogP contribution is 2.21. The Morgan fingerprint density at radius 1 is 1.71 bits per heavy atom. The lowest BCUT2D eigenvalue weighted by molar-refractivity contribution is 0.418. The monoisotopic (exact) mass is 257 g/mol. The van der Waals surface area contributed by atoms with Gasteiger partial charge in [0, 0.05) is 5.75 Å². The fourth-order valence-corrected chi connectivity index (χ4v) is 3.09. The molecule has 0 aliphatic heterocycles. The summed E-state index contributed by atoms with van der Waals surface area (Å²) in [5, 5.41) is 0. The summed E-state index contributed by atoms with van der Waals surface area (Å²) in [6.07, 6.45) is 0.494. The summed E-state index contributed by atoms with van der Waals surface area (Å²) >= 11 is 6.63. The quantitative estimate of drug-likeness (QED) is 0.830. The van der Waals surface area contributed by atoms with Crippen LogP contribution < -0.4 is 0 Å². The Hall–Kier alpha value is -0.330. The van der Waals surface area contributed by atoms with Gasteiger partial charge in [-0.05, 0) is 12.5 Å². The molecule has 1 aromatic heterocycles. The van der Waals surface area contributed by atoms with Crippen molar-refractivity contribution >= 4 is 33.7 Å². The zero-order valence-corrected chi connectivity index (χ0v) is 9.26. The van der Waals surface area contributed by atoms with Crippen LogP contribution in [0.15, 0.2) is 22.6 Å². The molecular formula is C7H6ClF2NOS2. The lowest BCUT2D eigenvalue weighted by atomic mass is 10.5. The summed E-state index contributed by atoms with van der Waals surface area (Å²) in [7, 11) is -1.29. The Kier molecular flexibility index (Phi) is 4.64. The number of hydrogen-bond acceptors (Lipinski definition) is 3. The molecule has 1 atom stereocenters. The molecule has 0 N–H and O–H groups in total. The van der Waals surface area contributed by atoms with Gasteiger partial charge < -0.3 is 0 Å². The first-order valence-electron chi connectivity index (χ1n) is 3.60. The molecule has 0 aromatic carbocycles. The SMILES string of the molecule is O=S(CCC=C(F)F)c1cnc(Cl)s1. The van der Waals surface area contributed by atoms with E-state index in [1.54, 1.807) is 0 Å². The van der Waals surface area contributed by atoms with Crippen LogP contribution in [0.4, 0.5) is 8.78 Å². The van der Waals surface area contributed by atoms with Crippen molar-refractivity contribution in [2.45, 2.75) is 10.6 Å². The van der Waals surface area contributed by atoms with Crippen LogP contribution in [0.25, 0.3) is 0 Å². The molecule has 0 saturated heterocycles. The number of allylic oxidation sites excluding steroid dienone is 1. The maximum atomic E-state index is 11.6. The normalized spacial score (nSPS) is 12.5. The molecule has 1 heterocycles. The summed E-state index contributed by atoms with van der Waals surface area (Å²) in [6.45, 7) is 0. The first kappa shape index (κ1) is 11.7. The van der Waals surface area contributed by atoms with E-state index in [4.69, 9.17) is 11.6 Å². The molecule has 2 nitrogen and oxygen atoms in total. The topological polar surface area (TPSA) is 30.0 Å². The standard InChI is InChI=1S/C7H6ClF2NOS2/c8-7-11-4-6(13-7)14(12)3-1-2-5(9)10/h2,4H,1,3H2.